The Hall–Kier alpha value is -2.00. The third-order valence-electron chi connectivity index (χ3n) is 3.31. The smallest absolute Gasteiger partial charge is 0.251 e. The first-order valence-corrected chi connectivity index (χ1v) is 7.27. The molecular formula is C17H18ClNO2. The lowest BCUT2D eigenvalue weighted by Gasteiger charge is -2.15. The Balaban J connectivity index is 2.06. The highest BCUT2D eigenvalue weighted by molar-refractivity contribution is 6.17. The van der Waals surface area contributed by atoms with Gasteiger partial charge in [0.2, 0.25) is 0 Å². The van der Waals surface area contributed by atoms with Gasteiger partial charge in [-0.05, 0) is 42.3 Å². The molecule has 0 bridgehead atoms. The Morgan fingerprint density at radius 1 is 1.24 bits per heavy atom. The lowest BCUT2D eigenvalue weighted by molar-refractivity contribution is 0.0940. The van der Waals surface area contributed by atoms with Gasteiger partial charge in [0.1, 0.15) is 5.75 Å². The van der Waals surface area contributed by atoms with Gasteiger partial charge in [0.25, 0.3) is 5.91 Å². The molecule has 2 aromatic carbocycles. The first-order valence-electron chi connectivity index (χ1n) is 6.73. The summed E-state index contributed by atoms with van der Waals surface area (Å²) >= 11 is 5.79. The van der Waals surface area contributed by atoms with Crippen molar-refractivity contribution in [2.75, 3.05) is 7.11 Å². The van der Waals surface area contributed by atoms with Crippen molar-refractivity contribution in [2.24, 2.45) is 0 Å². The van der Waals surface area contributed by atoms with Gasteiger partial charge < -0.3 is 10.1 Å². The Bertz CT molecular complexity index is 610. The van der Waals surface area contributed by atoms with E-state index < -0.39 is 0 Å². The predicted octanol–water partition coefficient (Wildman–Crippen LogP) is 3.93. The molecule has 4 heteroatoms. The van der Waals surface area contributed by atoms with Gasteiger partial charge in [0.15, 0.2) is 0 Å². The quantitative estimate of drug-likeness (QED) is 0.850. The molecule has 1 N–H and O–H groups in total. The highest BCUT2D eigenvalue weighted by Crippen LogP contribution is 2.18. The van der Waals surface area contributed by atoms with E-state index in [1.165, 1.54) is 0 Å². The van der Waals surface area contributed by atoms with E-state index in [4.69, 9.17) is 16.3 Å². The van der Waals surface area contributed by atoms with E-state index in [-0.39, 0.29) is 11.9 Å². The van der Waals surface area contributed by atoms with Gasteiger partial charge in [-0.3, -0.25) is 4.79 Å². The van der Waals surface area contributed by atoms with Crippen LogP contribution in [0.1, 0.15) is 34.5 Å². The van der Waals surface area contributed by atoms with Gasteiger partial charge in [-0.15, -0.1) is 11.6 Å². The van der Waals surface area contributed by atoms with Crippen molar-refractivity contribution in [3.63, 3.8) is 0 Å². The van der Waals surface area contributed by atoms with Crippen molar-refractivity contribution in [1.29, 1.82) is 0 Å². The van der Waals surface area contributed by atoms with Gasteiger partial charge in [0.05, 0.1) is 13.2 Å². The standard InChI is InChI=1S/C17H18ClNO2/c1-12(14-6-8-16(21-2)9-7-14)19-17(20)15-5-3-4-13(10-15)11-18/h3-10,12H,11H2,1-2H3,(H,19,20)/t12-/m1/s1. The Kier molecular flexibility index (Phi) is 5.23. The zero-order chi connectivity index (χ0) is 15.2. The summed E-state index contributed by atoms with van der Waals surface area (Å²) in [7, 11) is 1.63. The fourth-order valence-corrected chi connectivity index (χ4v) is 2.22. The minimum Gasteiger partial charge on any atom is -0.497 e. The van der Waals surface area contributed by atoms with E-state index in [1.54, 1.807) is 13.2 Å². The zero-order valence-electron chi connectivity index (χ0n) is 12.1. The van der Waals surface area contributed by atoms with E-state index in [2.05, 4.69) is 5.32 Å². The highest BCUT2D eigenvalue weighted by atomic mass is 35.5. The van der Waals surface area contributed by atoms with Crippen molar-refractivity contribution in [2.45, 2.75) is 18.8 Å². The second-order valence-corrected chi connectivity index (χ2v) is 5.07. The molecule has 110 valence electrons. The number of nitrogens with one attached hydrogen (secondary N) is 1. The summed E-state index contributed by atoms with van der Waals surface area (Å²) in [6.45, 7) is 1.95. The van der Waals surface area contributed by atoms with Crippen LogP contribution in [-0.4, -0.2) is 13.0 Å². The third kappa shape index (κ3) is 3.99. The molecule has 0 unspecified atom stereocenters. The molecule has 2 rings (SSSR count). The number of hydrogen-bond donors (Lipinski definition) is 1. The Morgan fingerprint density at radius 3 is 2.57 bits per heavy atom. The summed E-state index contributed by atoms with van der Waals surface area (Å²) in [6.07, 6.45) is 0. The summed E-state index contributed by atoms with van der Waals surface area (Å²) in [5.41, 5.74) is 2.58. The lowest BCUT2D eigenvalue weighted by Crippen LogP contribution is -2.26. The number of carbonyl (C=O) groups excluding carboxylic acids is 1. The maximum Gasteiger partial charge on any atom is 0.251 e. The number of methoxy groups -OCH3 is 1. The molecule has 0 radical (unpaired) electrons. The minimum absolute atomic E-state index is 0.0805. The number of amides is 1. The topological polar surface area (TPSA) is 38.3 Å². The number of alkyl halides is 1. The first kappa shape index (κ1) is 15.4. The maximum atomic E-state index is 12.2. The molecule has 0 spiro atoms. The average Bonchev–Trinajstić information content (AvgIpc) is 2.54. The number of halogens is 1. The fraction of sp³-hybridized carbons (Fsp3) is 0.235. The molecule has 0 saturated heterocycles. The Labute approximate surface area is 129 Å². The summed E-state index contributed by atoms with van der Waals surface area (Å²) in [4.78, 5) is 12.2. The van der Waals surface area contributed by atoms with Crippen LogP contribution in [0.4, 0.5) is 0 Å². The van der Waals surface area contributed by atoms with Gasteiger partial charge in [-0.2, -0.15) is 0 Å². The molecule has 3 nitrogen and oxygen atoms in total. The normalized spacial score (nSPS) is 11.8. The molecule has 2 aromatic rings. The van der Waals surface area contributed by atoms with Crippen LogP contribution in [0.25, 0.3) is 0 Å². The number of carbonyl (C=O) groups is 1. The van der Waals surface area contributed by atoms with Crippen LogP contribution in [0.2, 0.25) is 0 Å². The molecule has 0 aliphatic heterocycles. The lowest BCUT2D eigenvalue weighted by atomic mass is 10.1. The van der Waals surface area contributed by atoms with E-state index in [0.29, 0.717) is 11.4 Å². The minimum atomic E-state index is -0.106. The van der Waals surface area contributed by atoms with Crippen LogP contribution in [0, 0.1) is 0 Å². The number of hydrogen-bond acceptors (Lipinski definition) is 2. The fourth-order valence-electron chi connectivity index (χ4n) is 2.05. The Morgan fingerprint density at radius 2 is 1.95 bits per heavy atom. The van der Waals surface area contributed by atoms with E-state index >= 15 is 0 Å². The number of benzene rings is 2. The van der Waals surface area contributed by atoms with Crippen molar-refractivity contribution in [1.82, 2.24) is 5.32 Å². The van der Waals surface area contributed by atoms with Crippen LogP contribution in [0.5, 0.6) is 5.75 Å². The summed E-state index contributed by atoms with van der Waals surface area (Å²) < 4.78 is 5.13. The largest absolute Gasteiger partial charge is 0.497 e. The van der Waals surface area contributed by atoms with Gasteiger partial charge in [-0.25, -0.2) is 0 Å². The molecule has 21 heavy (non-hydrogen) atoms. The van der Waals surface area contributed by atoms with Crippen LogP contribution in [0.3, 0.4) is 0 Å². The van der Waals surface area contributed by atoms with Crippen LogP contribution >= 0.6 is 11.6 Å². The molecule has 0 fully saturated rings. The van der Waals surface area contributed by atoms with Crippen molar-refractivity contribution < 1.29 is 9.53 Å². The highest BCUT2D eigenvalue weighted by Gasteiger charge is 2.11. The summed E-state index contributed by atoms with van der Waals surface area (Å²) in [6, 6.07) is 14.9. The van der Waals surface area contributed by atoms with E-state index in [9.17, 15) is 4.79 Å². The second kappa shape index (κ2) is 7.14. The van der Waals surface area contributed by atoms with Gasteiger partial charge in [-0.1, -0.05) is 24.3 Å². The molecule has 0 saturated carbocycles. The van der Waals surface area contributed by atoms with Crippen LogP contribution in [0.15, 0.2) is 48.5 Å². The molecule has 1 atom stereocenters. The summed E-state index contributed by atoms with van der Waals surface area (Å²) in [5.74, 6) is 1.09. The molecule has 0 aliphatic carbocycles. The first-order chi connectivity index (χ1) is 10.1. The predicted molar refractivity (Wildman–Crippen MR) is 84.9 cm³/mol. The average molecular weight is 304 g/mol. The van der Waals surface area contributed by atoms with Crippen molar-refractivity contribution in [3.05, 3.63) is 65.2 Å². The summed E-state index contributed by atoms with van der Waals surface area (Å²) in [5, 5.41) is 2.98. The van der Waals surface area contributed by atoms with Gasteiger partial charge in [0, 0.05) is 11.4 Å². The van der Waals surface area contributed by atoms with E-state index in [1.807, 2.05) is 49.4 Å². The van der Waals surface area contributed by atoms with Crippen LogP contribution in [-0.2, 0) is 5.88 Å². The van der Waals surface area contributed by atoms with E-state index in [0.717, 1.165) is 16.9 Å². The molecule has 0 aliphatic rings. The molecule has 0 aromatic heterocycles. The second-order valence-electron chi connectivity index (χ2n) is 4.80. The maximum absolute atomic E-state index is 12.2. The monoisotopic (exact) mass is 303 g/mol. The zero-order valence-corrected chi connectivity index (χ0v) is 12.9. The van der Waals surface area contributed by atoms with Crippen molar-refractivity contribution in [3.8, 4) is 5.75 Å². The van der Waals surface area contributed by atoms with Gasteiger partial charge >= 0.3 is 0 Å². The molecule has 0 heterocycles. The number of rotatable bonds is 5. The SMILES string of the molecule is COc1ccc([C@@H](C)NC(=O)c2cccc(CCl)c2)cc1. The molecular weight excluding hydrogens is 286 g/mol. The third-order valence-corrected chi connectivity index (χ3v) is 3.62. The van der Waals surface area contributed by atoms with Crippen molar-refractivity contribution >= 4 is 17.5 Å². The number of ether oxygens (including phenoxy) is 1. The molecule has 1 amide bonds. The van der Waals surface area contributed by atoms with Crippen LogP contribution < -0.4 is 10.1 Å².